The summed E-state index contributed by atoms with van der Waals surface area (Å²) in [5, 5.41) is 16.5. The van der Waals surface area contributed by atoms with E-state index in [4.69, 9.17) is 5.11 Å². The Hall–Kier alpha value is -1.43. The van der Waals surface area contributed by atoms with Gasteiger partial charge < -0.3 is 5.11 Å². The topological polar surface area (TPSA) is 71.2 Å². The Morgan fingerprint density at radius 2 is 2.05 bits per heavy atom. The van der Waals surface area contributed by atoms with Crippen LogP contribution in [-0.4, -0.2) is 50.1 Å². The minimum Gasteiger partial charge on any atom is -0.476 e. The van der Waals surface area contributed by atoms with E-state index in [-0.39, 0.29) is 11.7 Å². The summed E-state index contributed by atoms with van der Waals surface area (Å²) in [6.45, 7) is 4.30. The van der Waals surface area contributed by atoms with Gasteiger partial charge in [-0.05, 0) is 25.2 Å². The van der Waals surface area contributed by atoms with Crippen molar-refractivity contribution in [3.05, 3.63) is 11.9 Å². The van der Waals surface area contributed by atoms with Crippen molar-refractivity contribution in [1.82, 2.24) is 19.9 Å². The number of hydrogen-bond acceptors (Lipinski definition) is 4. The molecule has 0 aromatic carbocycles. The smallest absolute Gasteiger partial charge is 0.358 e. The van der Waals surface area contributed by atoms with E-state index in [1.165, 1.54) is 32.1 Å². The number of aromatic carboxylic acids is 1. The lowest BCUT2D eigenvalue weighted by Gasteiger charge is -2.44. The molecule has 6 nitrogen and oxygen atoms in total. The van der Waals surface area contributed by atoms with Gasteiger partial charge in [0.2, 0.25) is 0 Å². The van der Waals surface area contributed by atoms with Crippen molar-refractivity contribution >= 4 is 5.97 Å². The molecule has 6 heteroatoms. The van der Waals surface area contributed by atoms with Crippen LogP contribution < -0.4 is 0 Å². The van der Waals surface area contributed by atoms with Crippen molar-refractivity contribution < 1.29 is 9.90 Å². The lowest BCUT2D eigenvalue weighted by Crippen LogP contribution is -2.52. The van der Waals surface area contributed by atoms with Gasteiger partial charge in [-0.15, -0.1) is 5.10 Å². The summed E-state index contributed by atoms with van der Waals surface area (Å²) in [5.41, 5.74) is 0.0340. The first-order valence-corrected chi connectivity index (χ1v) is 7.52. The largest absolute Gasteiger partial charge is 0.476 e. The maximum Gasteiger partial charge on any atom is 0.358 e. The van der Waals surface area contributed by atoms with Crippen LogP contribution in [0.15, 0.2) is 6.20 Å². The molecule has 1 aliphatic heterocycles. The fraction of sp³-hybridized carbons (Fsp3) is 0.786. The van der Waals surface area contributed by atoms with Crippen LogP contribution in [0.2, 0.25) is 0 Å². The van der Waals surface area contributed by atoms with Crippen molar-refractivity contribution in [3.8, 4) is 0 Å². The number of carbonyl (C=O) groups is 1. The fourth-order valence-electron chi connectivity index (χ4n) is 3.34. The normalized spacial score (nSPS) is 28.9. The average Bonchev–Trinajstić information content (AvgIpc) is 2.73. The molecule has 1 aromatic rings. The molecule has 110 valence electrons. The third-order valence-corrected chi connectivity index (χ3v) is 4.74. The average molecular weight is 278 g/mol. The number of hydrogen-bond donors (Lipinski definition) is 1. The zero-order valence-electron chi connectivity index (χ0n) is 11.9. The summed E-state index contributed by atoms with van der Waals surface area (Å²) in [4.78, 5) is 13.3. The second-order valence-electron chi connectivity index (χ2n) is 6.26. The minimum absolute atomic E-state index is 0.0340. The van der Waals surface area contributed by atoms with Crippen molar-refractivity contribution in [2.24, 2.45) is 5.92 Å². The predicted molar refractivity (Wildman–Crippen MR) is 73.6 cm³/mol. The molecular formula is C14H22N4O2. The molecule has 1 saturated carbocycles. The van der Waals surface area contributed by atoms with E-state index >= 15 is 0 Å². The van der Waals surface area contributed by atoms with Crippen LogP contribution in [0.5, 0.6) is 0 Å². The lowest BCUT2D eigenvalue weighted by atomic mass is 9.99. The Labute approximate surface area is 118 Å². The van der Waals surface area contributed by atoms with Crippen molar-refractivity contribution in [3.63, 3.8) is 0 Å². The molecule has 1 saturated heterocycles. The quantitative estimate of drug-likeness (QED) is 0.854. The first-order valence-electron chi connectivity index (χ1n) is 7.52. The molecule has 0 spiro atoms. The van der Waals surface area contributed by atoms with Gasteiger partial charge in [-0.2, -0.15) is 0 Å². The van der Waals surface area contributed by atoms with E-state index in [1.807, 2.05) is 0 Å². The molecule has 0 amide bonds. The molecule has 2 atom stereocenters. The minimum atomic E-state index is -1.01. The molecule has 2 fully saturated rings. The van der Waals surface area contributed by atoms with E-state index in [2.05, 4.69) is 22.1 Å². The van der Waals surface area contributed by atoms with Gasteiger partial charge in [0.25, 0.3) is 0 Å². The second kappa shape index (κ2) is 5.52. The third-order valence-electron chi connectivity index (χ3n) is 4.74. The number of rotatable bonds is 3. The van der Waals surface area contributed by atoms with Crippen LogP contribution in [-0.2, 0) is 0 Å². The lowest BCUT2D eigenvalue weighted by molar-refractivity contribution is 0.0445. The monoisotopic (exact) mass is 278 g/mol. The third kappa shape index (κ3) is 2.70. The number of carboxylic acid groups (broad SMARTS) is 1. The highest BCUT2D eigenvalue weighted by Crippen LogP contribution is 2.31. The highest BCUT2D eigenvalue weighted by molar-refractivity contribution is 5.84. The van der Waals surface area contributed by atoms with Gasteiger partial charge in [-0.3, -0.25) is 4.90 Å². The summed E-state index contributed by atoms with van der Waals surface area (Å²) >= 11 is 0. The van der Waals surface area contributed by atoms with Gasteiger partial charge in [-0.1, -0.05) is 25.0 Å². The van der Waals surface area contributed by atoms with Crippen LogP contribution in [0.3, 0.4) is 0 Å². The van der Waals surface area contributed by atoms with Crippen LogP contribution in [0, 0.1) is 5.92 Å². The maximum atomic E-state index is 10.8. The van der Waals surface area contributed by atoms with E-state index in [9.17, 15) is 4.79 Å². The van der Waals surface area contributed by atoms with Crippen molar-refractivity contribution in [1.29, 1.82) is 0 Å². The van der Waals surface area contributed by atoms with Gasteiger partial charge in [0.15, 0.2) is 5.69 Å². The van der Waals surface area contributed by atoms with E-state index in [1.54, 1.807) is 10.9 Å². The number of carboxylic acids is 1. The number of likely N-dealkylation sites (tertiary alicyclic amines) is 1. The highest BCUT2D eigenvalue weighted by Gasteiger charge is 2.34. The molecule has 3 rings (SSSR count). The Kier molecular flexibility index (Phi) is 3.74. The molecule has 20 heavy (non-hydrogen) atoms. The van der Waals surface area contributed by atoms with Crippen LogP contribution >= 0.6 is 0 Å². The standard InChI is InChI=1S/C14H22N4O2/c1-10-3-2-4-11(6-5-10)17-7-12(8-17)18-9-13(14(19)20)15-16-18/h9-12H,2-8H2,1H3,(H,19,20). The van der Waals surface area contributed by atoms with Gasteiger partial charge in [0.05, 0.1) is 12.2 Å². The first-order chi connectivity index (χ1) is 9.63. The maximum absolute atomic E-state index is 10.8. The summed E-state index contributed by atoms with van der Waals surface area (Å²) in [5.74, 6) is -0.143. The molecule has 2 aliphatic rings. The Morgan fingerprint density at radius 1 is 1.25 bits per heavy atom. The van der Waals surface area contributed by atoms with Gasteiger partial charge in [0.1, 0.15) is 0 Å². The molecule has 2 heterocycles. The summed E-state index contributed by atoms with van der Waals surface area (Å²) in [6, 6.07) is 0.995. The summed E-state index contributed by atoms with van der Waals surface area (Å²) in [6.07, 6.45) is 8.16. The van der Waals surface area contributed by atoms with Crippen LogP contribution in [0.4, 0.5) is 0 Å². The van der Waals surface area contributed by atoms with Crippen LogP contribution in [0.25, 0.3) is 0 Å². The molecule has 1 aliphatic carbocycles. The fourth-order valence-corrected chi connectivity index (χ4v) is 3.34. The van der Waals surface area contributed by atoms with Gasteiger partial charge in [-0.25, -0.2) is 9.48 Å². The summed E-state index contributed by atoms with van der Waals surface area (Å²) < 4.78 is 1.71. The number of nitrogens with zero attached hydrogens (tertiary/aromatic N) is 4. The molecule has 0 bridgehead atoms. The zero-order valence-corrected chi connectivity index (χ0v) is 11.9. The van der Waals surface area contributed by atoms with Crippen molar-refractivity contribution in [2.75, 3.05) is 13.1 Å². The molecule has 0 radical (unpaired) electrons. The van der Waals surface area contributed by atoms with E-state index in [0.29, 0.717) is 6.04 Å². The van der Waals surface area contributed by atoms with E-state index < -0.39 is 5.97 Å². The zero-order chi connectivity index (χ0) is 14.1. The number of aromatic nitrogens is 3. The molecule has 1 N–H and O–H groups in total. The van der Waals surface area contributed by atoms with Crippen LogP contribution in [0.1, 0.15) is 55.6 Å². The molecular weight excluding hydrogens is 256 g/mol. The predicted octanol–water partition coefficient (Wildman–Crippen LogP) is 1.80. The molecule has 2 unspecified atom stereocenters. The summed E-state index contributed by atoms with van der Waals surface area (Å²) in [7, 11) is 0. The van der Waals surface area contributed by atoms with Gasteiger partial charge >= 0.3 is 5.97 Å². The second-order valence-corrected chi connectivity index (χ2v) is 6.26. The Balaban J connectivity index is 1.53. The Morgan fingerprint density at radius 3 is 2.75 bits per heavy atom. The van der Waals surface area contributed by atoms with Gasteiger partial charge in [0, 0.05) is 19.1 Å². The SMILES string of the molecule is CC1CCCC(N2CC(n3cc(C(=O)O)nn3)C2)CC1. The first kappa shape index (κ1) is 13.5. The Bertz CT molecular complexity index is 481. The van der Waals surface area contributed by atoms with E-state index in [0.717, 1.165) is 19.0 Å². The highest BCUT2D eigenvalue weighted by atomic mass is 16.4. The molecule has 1 aromatic heterocycles. The van der Waals surface area contributed by atoms with Crippen molar-refractivity contribution in [2.45, 2.75) is 51.1 Å².